The van der Waals surface area contributed by atoms with Crippen LogP contribution in [0.5, 0.6) is 28.7 Å². The predicted molar refractivity (Wildman–Crippen MR) is 296 cm³/mol. The zero-order valence-electron chi connectivity index (χ0n) is 44.7. The predicted octanol–water partition coefficient (Wildman–Crippen LogP) is 10.1. The molecular weight excluding hydrogens is 987 g/mol. The van der Waals surface area contributed by atoms with Crippen LogP contribution in [0.4, 0.5) is 0 Å². The first kappa shape index (κ1) is 53.1. The van der Waals surface area contributed by atoms with Crippen molar-refractivity contribution < 1.29 is 59.2 Å². The third-order valence-corrected chi connectivity index (χ3v) is 18.7. The SMILES string of the molecule is CNCc1cccc(-c2cc(O)cc3ccc([C@]4(C(=O)O[C@H]5C[C@@H]6c7cc(OC)c(O)cc7C[C@H]7[C@H]6[C@@]6(/C=C/c8ccccc8)[C@H](Cc8cc(OC)c(O)cc8[C@@H]6C[C@@H]7O)[C@H](OC(C)=O)C5)CCC[C@H]4CCC(O)O)cc23)c1. The van der Waals surface area contributed by atoms with Gasteiger partial charge in [-0.1, -0.05) is 79.2 Å². The molecule has 6 aromatic carbocycles. The largest absolute Gasteiger partial charge is 0.508 e. The molecule has 3 saturated carbocycles. The fraction of sp³-hybridized carbons (Fsp3) is 0.415. The Morgan fingerprint density at radius 1 is 0.808 bits per heavy atom. The number of aromatic hydroxyl groups is 3. The molecule has 11 rings (SSSR count). The Morgan fingerprint density at radius 2 is 1.58 bits per heavy atom. The minimum absolute atomic E-state index is 0.0132. The summed E-state index contributed by atoms with van der Waals surface area (Å²) in [6.45, 7) is 2.05. The number of carbonyl (C=O) groups excluding carboxylic acids is 2. The van der Waals surface area contributed by atoms with E-state index in [0.717, 1.165) is 60.8 Å². The van der Waals surface area contributed by atoms with Crippen LogP contribution >= 0.6 is 0 Å². The van der Waals surface area contributed by atoms with Gasteiger partial charge in [-0.25, -0.2) is 0 Å². The van der Waals surface area contributed by atoms with Crippen molar-refractivity contribution in [3.8, 4) is 39.9 Å². The lowest BCUT2D eigenvalue weighted by Crippen LogP contribution is -2.62. The van der Waals surface area contributed by atoms with Crippen molar-refractivity contribution in [2.45, 2.75) is 120 Å². The number of ether oxygens (including phenoxy) is 4. The molecule has 13 nitrogen and oxygen atoms in total. The molecule has 5 aliphatic rings. The summed E-state index contributed by atoms with van der Waals surface area (Å²) in [4.78, 5) is 30.0. The highest BCUT2D eigenvalue weighted by molar-refractivity contribution is 5.99. The Hall–Kier alpha value is -6.90. The van der Waals surface area contributed by atoms with Crippen molar-refractivity contribution in [3.63, 3.8) is 0 Å². The van der Waals surface area contributed by atoms with Gasteiger partial charge in [-0.2, -0.15) is 0 Å². The second kappa shape index (κ2) is 21.4. The molecule has 13 heteroatoms. The molecule has 0 bridgehead atoms. The molecule has 0 heterocycles. The van der Waals surface area contributed by atoms with Gasteiger partial charge in [-0.3, -0.25) is 9.59 Å². The van der Waals surface area contributed by atoms with Gasteiger partial charge in [0, 0.05) is 31.2 Å². The van der Waals surface area contributed by atoms with E-state index >= 15 is 4.79 Å². The number of methoxy groups -OCH3 is 2. The van der Waals surface area contributed by atoms with Gasteiger partial charge in [0.2, 0.25) is 0 Å². The smallest absolute Gasteiger partial charge is 0.317 e. The number of hydrogen-bond acceptors (Lipinski definition) is 13. The molecule has 0 unspecified atom stereocenters. The monoisotopic (exact) mass is 1060 g/mol. The number of allylic oxidation sites excluding steroid dienone is 1. The zero-order valence-corrected chi connectivity index (χ0v) is 44.7. The summed E-state index contributed by atoms with van der Waals surface area (Å²) >= 11 is 0. The molecule has 3 fully saturated rings. The van der Waals surface area contributed by atoms with Gasteiger partial charge < -0.3 is 54.9 Å². The molecule has 78 heavy (non-hydrogen) atoms. The van der Waals surface area contributed by atoms with Crippen molar-refractivity contribution >= 4 is 28.8 Å². The van der Waals surface area contributed by atoms with Crippen molar-refractivity contribution in [1.29, 1.82) is 0 Å². The molecule has 7 N–H and O–H groups in total. The third kappa shape index (κ3) is 9.35. The summed E-state index contributed by atoms with van der Waals surface area (Å²) in [7, 11) is 4.92. The second-order valence-corrected chi connectivity index (χ2v) is 22.8. The molecule has 0 aromatic heterocycles. The number of hydrogen-bond donors (Lipinski definition) is 7. The number of rotatable bonds is 14. The minimum atomic E-state index is -1.59. The van der Waals surface area contributed by atoms with Gasteiger partial charge in [-0.15, -0.1) is 0 Å². The Bertz CT molecular complexity index is 3260. The lowest BCUT2D eigenvalue weighted by atomic mass is 9.40. The van der Waals surface area contributed by atoms with Crippen LogP contribution in [0.2, 0.25) is 0 Å². The van der Waals surface area contributed by atoms with E-state index in [0.29, 0.717) is 63.0 Å². The van der Waals surface area contributed by atoms with Crippen LogP contribution in [0.25, 0.3) is 28.0 Å². The number of benzene rings is 6. The van der Waals surface area contributed by atoms with Crippen molar-refractivity contribution in [1.82, 2.24) is 5.32 Å². The van der Waals surface area contributed by atoms with E-state index in [9.17, 15) is 35.4 Å². The average Bonchev–Trinajstić information content (AvgIpc) is 2.40. The highest BCUT2D eigenvalue weighted by Gasteiger charge is 2.66. The van der Waals surface area contributed by atoms with Crippen LogP contribution in [-0.2, 0) is 43.9 Å². The molecule has 0 saturated heterocycles. The number of nitrogens with one attached hydrogen (secondary N) is 1. The quantitative estimate of drug-likeness (QED) is 0.0401. The van der Waals surface area contributed by atoms with Gasteiger partial charge in [0.1, 0.15) is 18.0 Å². The molecule has 0 amide bonds. The van der Waals surface area contributed by atoms with Crippen LogP contribution in [0, 0.1) is 29.1 Å². The first-order valence-electron chi connectivity index (χ1n) is 27.6. The fourth-order valence-corrected chi connectivity index (χ4v) is 15.6. The zero-order chi connectivity index (χ0) is 54.6. The first-order valence-corrected chi connectivity index (χ1v) is 27.6. The first-order chi connectivity index (χ1) is 37.6. The summed E-state index contributed by atoms with van der Waals surface area (Å²) in [6.07, 6.45) is 4.04. The molecule has 408 valence electrons. The molecule has 0 aliphatic heterocycles. The Balaban J connectivity index is 1.10. The third-order valence-electron chi connectivity index (χ3n) is 18.7. The van der Waals surface area contributed by atoms with Crippen LogP contribution in [0.15, 0.2) is 115 Å². The molecule has 0 spiro atoms. The lowest BCUT2D eigenvalue weighted by Gasteiger charge is -2.64. The number of phenolic OH excluding ortho intramolecular Hbond substituents is 3. The summed E-state index contributed by atoms with van der Waals surface area (Å²) in [5.74, 6) is -2.58. The molecule has 6 aromatic rings. The van der Waals surface area contributed by atoms with Gasteiger partial charge in [0.15, 0.2) is 29.3 Å². The van der Waals surface area contributed by atoms with Gasteiger partial charge in [-0.05, 0) is 197 Å². The number of esters is 2. The van der Waals surface area contributed by atoms with E-state index in [1.165, 1.54) is 21.1 Å². The van der Waals surface area contributed by atoms with E-state index in [1.54, 1.807) is 24.3 Å². The van der Waals surface area contributed by atoms with E-state index in [2.05, 4.69) is 23.5 Å². The maximum atomic E-state index is 16.2. The highest BCUT2D eigenvalue weighted by atomic mass is 16.6. The maximum Gasteiger partial charge on any atom is 0.317 e. The number of aliphatic hydroxyl groups excluding tert-OH is 2. The maximum absolute atomic E-state index is 16.2. The summed E-state index contributed by atoms with van der Waals surface area (Å²) < 4.78 is 25.4. The number of carbonyl (C=O) groups is 2. The number of phenols is 3. The lowest BCUT2D eigenvalue weighted by molar-refractivity contribution is -0.179. The van der Waals surface area contributed by atoms with Gasteiger partial charge >= 0.3 is 11.9 Å². The van der Waals surface area contributed by atoms with E-state index in [1.807, 2.05) is 85.9 Å². The standard InChI is InChI=1S/C65H71NO12/c1-36(67)77-58-31-46(78-63(74)64(20-9-14-43(64)17-18-61(72)73)44-16-15-40-23-45(68)29-48(47(40)28-44)39-13-8-12-38(22-39)35-66-2)30-51-49-33-60(76-4)56(70)26-41(49)24-52-55(69)34-53-50-32-57(71)59(75-3)27-42(50)25-54(58)65(53,62(51)52)21-19-37-10-6-5-7-11-37/h5-8,10-13,15-16,19,21-23,26-29,32-33,43,46,51-55,58,61-62,66,68-73H,9,14,17-18,20,24-25,30-31,34-35H2,1-4H3/b21-19+/t43-,46-,51+,52+,53-,54+,55-,58+,62-,64-,65+/m0/s1. The Kier molecular flexibility index (Phi) is 14.6. The van der Waals surface area contributed by atoms with Crippen LogP contribution in [-0.4, -0.2) is 88.4 Å². The van der Waals surface area contributed by atoms with Crippen LogP contribution < -0.4 is 14.8 Å². The topological polar surface area (TPSA) is 204 Å². The Morgan fingerprint density at radius 3 is 2.33 bits per heavy atom. The highest BCUT2D eigenvalue weighted by Crippen LogP contribution is 2.70. The number of fused-ring (bicyclic) bond motifs is 5. The number of aliphatic hydroxyl groups is 3. The Labute approximate surface area is 455 Å². The molecule has 11 atom stereocenters. The minimum Gasteiger partial charge on any atom is -0.508 e. The summed E-state index contributed by atoms with van der Waals surface area (Å²) in [5, 5.41) is 72.3. The van der Waals surface area contributed by atoms with E-state index in [4.69, 9.17) is 18.9 Å². The van der Waals surface area contributed by atoms with Crippen molar-refractivity contribution in [2.24, 2.45) is 29.1 Å². The molecular formula is C65H71NO12. The normalized spacial score (nSPS) is 28.0. The second-order valence-electron chi connectivity index (χ2n) is 22.8. The van der Waals surface area contributed by atoms with Gasteiger partial charge in [0.25, 0.3) is 0 Å². The van der Waals surface area contributed by atoms with Crippen LogP contribution in [0.1, 0.15) is 109 Å². The average molecular weight is 1060 g/mol. The van der Waals surface area contributed by atoms with Crippen molar-refractivity contribution in [2.75, 3.05) is 21.3 Å². The van der Waals surface area contributed by atoms with Gasteiger partial charge in [0.05, 0.1) is 25.7 Å². The molecule has 5 aliphatic carbocycles. The summed E-state index contributed by atoms with van der Waals surface area (Å²) in [5.41, 5.74) is 5.93. The van der Waals surface area contributed by atoms with E-state index < -0.39 is 59.2 Å². The fourth-order valence-electron chi connectivity index (χ4n) is 15.6. The van der Waals surface area contributed by atoms with E-state index in [-0.39, 0.29) is 60.2 Å². The van der Waals surface area contributed by atoms with Crippen molar-refractivity contribution in [3.05, 3.63) is 154 Å². The summed E-state index contributed by atoms with van der Waals surface area (Å²) in [6, 6.07) is 34.9. The van der Waals surface area contributed by atoms with Crippen LogP contribution in [0.3, 0.4) is 0 Å². The molecule has 0 radical (unpaired) electrons.